The Hall–Kier alpha value is -2.63. The van der Waals surface area contributed by atoms with E-state index in [1.807, 2.05) is 30.3 Å². The van der Waals surface area contributed by atoms with Gasteiger partial charge in [-0.05, 0) is 25.0 Å². The summed E-state index contributed by atoms with van der Waals surface area (Å²) in [6.07, 6.45) is 5.39. The van der Waals surface area contributed by atoms with Gasteiger partial charge in [0.15, 0.2) is 5.69 Å². The largest absolute Gasteiger partial charge is 0.444 e. The molecule has 2 amide bonds. The highest BCUT2D eigenvalue weighted by molar-refractivity contribution is 5.96. The first-order chi connectivity index (χ1) is 11.7. The third-order valence-corrected chi connectivity index (χ3v) is 4.80. The number of piperazine rings is 1. The van der Waals surface area contributed by atoms with Gasteiger partial charge < -0.3 is 14.6 Å². The molecule has 0 radical (unpaired) electrons. The second-order valence-corrected chi connectivity index (χ2v) is 6.36. The number of nitrogens with one attached hydrogen (secondary N) is 1. The van der Waals surface area contributed by atoms with Crippen molar-refractivity contribution in [1.29, 1.82) is 0 Å². The predicted octanol–water partition coefficient (Wildman–Crippen LogP) is 2.22. The maximum absolute atomic E-state index is 12.9. The molecule has 2 aliphatic rings. The Bertz CT molecular complexity index is 756. The highest BCUT2D eigenvalue weighted by Crippen LogP contribution is 2.27. The first-order valence-corrected chi connectivity index (χ1v) is 8.33. The number of hydrogen-bond acceptors (Lipinski definition) is 4. The van der Waals surface area contributed by atoms with Crippen LogP contribution in [0.3, 0.4) is 0 Å². The number of aromatic nitrogens is 1. The molecule has 1 saturated heterocycles. The zero-order chi connectivity index (χ0) is 16.5. The van der Waals surface area contributed by atoms with Gasteiger partial charge in [-0.15, -0.1) is 0 Å². The molecule has 2 heterocycles. The van der Waals surface area contributed by atoms with Crippen molar-refractivity contribution in [3.8, 4) is 11.5 Å². The topological polar surface area (TPSA) is 75.4 Å². The van der Waals surface area contributed by atoms with E-state index in [9.17, 15) is 9.59 Å². The molecule has 124 valence electrons. The molecule has 2 atom stereocenters. The molecule has 1 aromatic carbocycles. The summed E-state index contributed by atoms with van der Waals surface area (Å²) in [5.41, 5.74) is 1.08. The fourth-order valence-electron chi connectivity index (χ4n) is 3.63. The van der Waals surface area contributed by atoms with Crippen molar-refractivity contribution in [3.05, 3.63) is 42.3 Å². The van der Waals surface area contributed by atoms with E-state index in [2.05, 4.69) is 10.3 Å². The number of hydrogen-bond donors (Lipinski definition) is 1. The van der Waals surface area contributed by atoms with E-state index in [0.29, 0.717) is 5.89 Å². The van der Waals surface area contributed by atoms with Crippen LogP contribution in [0.4, 0.5) is 0 Å². The SMILES string of the molecule is O=C1CN(C(=O)c2coc(-c3ccccc3)n2)[C@H]2CCCC[C@@H]2N1. The van der Waals surface area contributed by atoms with Crippen LogP contribution in [0.2, 0.25) is 0 Å². The van der Waals surface area contributed by atoms with Gasteiger partial charge in [0.1, 0.15) is 12.8 Å². The van der Waals surface area contributed by atoms with E-state index in [1.165, 1.54) is 6.26 Å². The lowest BCUT2D eigenvalue weighted by molar-refractivity contribution is -0.127. The number of oxazole rings is 1. The number of amides is 2. The summed E-state index contributed by atoms with van der Waals surface area (Å²) >= 11 is 0. The van der Waals surface area contributed by atoms with Gasteiger partial charge in [-0.1, -0.05) is 31.0 Å². The van der Waals surface area contributed by atoms with E-state index in [0.717, 1.165) is 31.2 Å². The molecule has 0 spiro atoms. The van der Waals surface area contributed by atoms with Gasteiger partial charge >= 0.3 is 0 Å². The molecule has 4 rings (SSSR count). The summed E-state index contributed by atoms with van der Waals surface area (Å²) in [7, 11) is 0. The maximum Gasteiger partial charge on any atom is 0.276 e. The Kier molecular flexibility index (Phi) is 3.80. The maximum atomic E-state index is 12.9. The first kappa shape index (κ1) is 14.9. The quantitative estimate of drug-likeness (QED) is 0.918. The monoisotopic (exact) mass is 325 g/mol. The van der Waals surface area contributed by atoms with Crippen LogP contribution in [0.1, 0.15) is 36.2 Å². The number of carbonyl (C=O) groups is 2. The first-order valence-electron chi connectivity index (χ1n) is 8.33. The fraction of sp³-hybridized carbons (Fsp3) is 0.389. The van der Waals surface area contributed by atoms with Crippen molar-refractivity contribution in [2.75, 3.05) is 6.54 Å². The summed E-state index contributed by atoms with van der Waals surface area (Å²) in [6, 6.07) is 9.57. The smallest absolute Gasteiger partial charge is 0.276 e. The van der Waals surface area contributed by atoms with Crippen molar-refractivity contribution < 1.29 is 14.0 Å². The lowest BCUT2D eigenvalue weighted by Crippen LogP contribution is -2.62. The molecule has 0 bridgehead atoms. The number of fused-ring (bicyclic) bond motifs is 1. The molecule has 6 nitrogen and oxygen atoms in total. The third-order valence-electron chi connectivity index (χ3n) is 4.80. The third kappa shape index (κ3) is 2.68. The molecule has 2 fully saturated rings. The van der Waals surface area contributed by atoms with Gasteiger partial charge in [0.05, 0.1) is 6.04 Å². The molecule has 1 aliphatic heterocycles. The van der Waals surface area contributed by atoms with Gasteiger partial charge in [-0.25, -0.2) is 4.98 Å². The van der Waals surface area contributed by atoms with Gasteiger partial charge in [0, 0.05) is 11.6 Å². The van der Waals surface area contributed by atoms with E-state index in [1.54, 1.807) is 4.90 Å². The van der Waals surface area contributed by atoms with Crippen LogP contribution in [-0.2, 0) is 4.79 Å². The molecule has 1 saturated carbocycles. The van der Waals surface area contributed by atoms with Crippen LogP contribution in [0, 0.1) is 0 Å². The molecule has 0 unspecified atom stereocenters. The van der Waals surface area contributed by atoms with E-state index >= 15 is 0 Å². The van der Waals surface area contributed by atoms with E-state index < -0.39 is 0 Å². The Morgan fingerprint density at radius 2 is 2.00 bits per heavy atom. The molecule has 2 aromatic rings. The van der Waals surface area contributed by atoms with Crippen molar-refractivity contribution in [1.82, 2.24) is 15.2 Å². The molecule has 6 heteroatoms. The zero-order valence-corrected chi connectivity index (χ0v) is 13.3. The minimum Gasteiger partial charge on any atom is -0.444 e. The molecular weight excluding hydrogens is 306 g/mol. The minimum absolute atomic E-state index is 0.0563. The summed E-state index contributed by atoms with van der Waals surface area (Å²) in [6.45, 7) is 0.0908. The number of nitrogens with zero attached hydrogens (tertiary/aromatic N) is 2. The van der Waals surface area contributed by atoms with Crippen molar-refractivity contribution >= 4 is 11.8 Å². The van der Waals surface area contributed by atoms with Crippen molar-refractivity contribution in [3.63, 3.8) is 0 Å². The van der Waals surface area contributed by atoms with Gasteiger partial charge in [-0.2, -0.15) is 0 Å². The summed E-state index contributed by atoms with van der Waals surface area (Å²) < 4.78 is 5.47. The average molecular weight is 325 g/mol. The standard InChI is InChI=1S/C18H19N3O3/c22-16-10-21(15-9-5-4-8-13(15)19-16)18(23)14-11-24-17(20-14)12-6-2-1-3-7-12/h1-3,6-7,11,13,15H,4-5,8-10H2,(H,19,22)/t13-,15-/m0/s1. The second kappa shape index (κ2) is 6.11. The fourth-order valence-corrected chi connectivity index (χ4v) is 3.63. The van der Waals surface area contributed by atoms with Gasteiger partial charge in [-0.3, -0.25) is 9.59 Å². The van der Waals surface area contributed by atoms with Crippen LogP contribution in [0.15, 0.2) is 41.0 Å². The van der Waals surface area contributed by atoms with Crippen LogP contribution in [0.5, 0.6) is 0 Å². The van der Waals surface area contributed by atoms with Crippen molar-refractivity contribution in [2.24, 2.45) is 0 Å². The lowest BCUT2D eigenvalue weighted by atomic mass is 9.87. The Balaban J connectivity index is 1.58. The summed E-state index contributed by atoms with van der Waals surface area (Å²) in [5, 5.41) is 3.01. The normalized spacial score (nSPS) is 23.5. The molecule has 1 aliphatic carbocycles. The number of benzene rings is 1. The van der Waals surface area contributed by atoms with Crippen molar-refractivity contribution in [2.45, 2.75) is 37.8 Å². The number of carbonyl (C=O) groups excluding carboxylic acids is 2. The molecule has 1 aromatic heterocycles. The molecular formula is C18H19N3O3. The minimum atomic E-state index is -0.229. The highest BCUT2D eigenvalue weighted by Gasteiger charge is 2.39. The Labute approximate surface area is 139 Å². The summed E-state index contributed by atoms with van der Waals surface area (Å²) in [4.78, 5) is 30.8. The summed E-state index contributed by atoms with van der Waals surface area (Å²) in [5.74, 6) is 0.0894. The van der Waals surface area contributed by atoms with Gasteiger partial charge in [0.25, 0.3) is 5.91 Å². The van der Waals surface area contributed by atoms with Crippen LogP contribution in [-0.4, -0.2) is 40.3 Å². The zero-order valence-electron chi connectivity index (χ0n) is 13.3. The van der Waals surface area contributed by atoms with E-state index in [-0.39, 0.29) is 36.1 Å². The molecule has 1 N–H and O–H groups in total. The van der Waals surface area contributed by atoms with Crippen LogP contribution < -0.4 is 5.32 Å². The average Bonchev–Trinajstić information content (AvgIpc) is 3.11. The Morgan fingerprint density at radius 3 is 2.83 bits per heavy atom. The Morgan fingerprint density at radius 1 is 1.21 bits per heavy atom. The second-order valence-electron chi connectivity index (χ2n) is 6.36. The van der Waals surface area contributed by atoms with Crippen LogP contribution in [0.25, 0.3) is 11.5 Å². The van der Waals surface area contributed by atoms with Gasteiger partial charge in [0.2, 0.25) is 11.8 Å². The van der Waals surface area contributed by atoms with E-state index in [4.69, 9.17) is 4.42 Å². The number of rotatable bonds is 2. The highest BCUT2D eigenvalue weighted by atomic mass is 16.3. The van der Waals surface area contributed by atoms with Crippen LogP contribution >= 0.6 is 0 Å². The lowest BCUT2D eigenvalue weighted by Gasteiger charge is -2.43. The molecule has 24 heavy (non-hydrogen) atoms. The predicted molar refractivity (Wildman–Crippen MR) is 87.2 cm³/mol.